The molecule has 0 amide bonds. The molecule has 0 radical (unpaired) electrons. The van der Waals surface area contributed by atoms with E-state index in [0.29, 0.717) is 5.92 Å². The lowest BCUT2D eigenvalue weighted by molar-refractivity contribution is 0.105. The maximum absolute atomic E-state index is 9.88. The Morgan fingerprint density at radius 2 is 1.92 bits per heavy atom. The zero-order valence-electron chi connectivity index (χ0n) is 8.28. The summed E-state index contributed by atoms with van der Waals surface area (Å²) in [5.74, 6) is 3.63. The first-order chi connectivity index (χ1) is 6.33. The van der Waals surface area contributed by atoms with Crippen LogP contribution in [0.25, 0.3) is 0 Å². The smallest absolute Gasteiger partial charge is 0.0571 e. The Kier molecular flexibility index (Phi) is 1.90. The summed E-state index contributed by atoms with van der Waals surface area (Å²) in [7, 11) is 0. The average Bonchev–Trinajstić information content (AvgIpc) is 2.79. The van der Waals surface area contributed by atoms with Gasteiger partial charge in [-0.1, -0.05) is 6.42 Å². The van der Waals surface area contributed by atoms with Crippen molar-refractivity contribution in [1.29, 1.82) is 0 Å². The van der Waals surface area contributed by atoms with Gasteiger partial charge in [-0.05, 0) is 62.2 Å². The second-order valence-electron chi connectivity index (χ2n) is 5.58. The quantitative estimate of drug-likeness (QED) is 0.707. The third-order valence-corrected chi connectivity index (χ3v) is 4.59. The minimum absolute atomic E-state index is 0.0596. The van der Waals surface area contributed by atoms with E-state index in [9.17, 15) is 5.11 Å². The molecule has 0 aromatic carbocycles. The summed E-state index contributed by atoms with van der Waals surface area (Å²) in [5, 5.41) is 9.88. The standard InChI is InChI=1S/C12H20O/c13-12(9-3-4-9)7-11-6-8-1-2-10(11)5-8/h8-13H,1-7H2. The molecule has 1 N–H and O–H groups in total. The number of aliphatic hydroxyl groups is 1. The highest BCUT2D eigenvalue weighted by atomic mass is 16.3. The van der Waals surface area contributed by atoms with Gasteiger partial charge in [0.25, 0.3) is 0 Å². The van der Waals surface area contributed by atoms with Crippen molar-refractivity contribution in [3.8, 4) is 0 Å². The van der Waals surface area contributed by atoms with Crippen molar-refractivity contribution < 1.29 is 5.11 Å². The van der Waals surface area contributed by atoms with Crippen LogP contribution in [0.1, 0.15) is 44.9 Å². The minimum Gasteiger partial charge on any atom is -0.393 e. The molecule has 1 nitrogen and oxygen atoms in total. The SMILES string of the molecule is OC(CC1CC2CCC1C2)C1CC1. The van der Waals surface area contributed by atoms with Crippen LogP contribution in [0.3, 0.4) is 0 Å². The monoisotopic (exact) mass is 180 g/mol. The molecular weight excluding hydrogens is 160 g/mol. The molecule has 3 aliphatic carbocycles. The van der Waals surface area contributed by atoms with Crippen LogP contribution in [0, 0.1) is 23.7 Å². The van der Waals surface area contributed by atoms with Crippen LogP contribution in [-0.2, 0) is 0 Å². The molecule has 3 rings (SSSR count). The summed E-state index contributed by atoms with van der Waals surface area (Å²) < 4.78 is 0. The van der Waals surface area contributed by atoms with Gasteiger partial charge in [0.1, 0.15) is 0 Å². The van der Waals surface area contributed by atoms with Crippen molar-refractivity contribution >= 4 is 0 Å². The van der Waals surface area contributed by atoms with E-state index in [-0.39, 0.29) is 6.10 Å². The minimum atomic E-state index is 0.0596. The van der Waals surface area contributed by atoms with Gasteiger partial charge < -0.3 is 5.11 Å². The van der Waals surface area contributed by atoms with Crippen molar-refractivity contribution in [3.05, 3.63) is 0 Å². The largest absolute Gasteiger partial charge is 0.393 e. The molecule has 2 bridgehead atoms. The van der Waals surface area contributed by atoms with Crippen molar-refractivity contribution in [2.45, 2.75) is 51.0 Å². The highest BCUT2D eigenvalue weighted by molar-refractivity contribution is 4.92. The molecule has 4 unspecified atom stereocenters. The number of hydrogen-bond acceptors (Lipinski definition) is 1. The number of fused-ring (bicyclic) bond motifs is 2. The van der Waals surface area contributed by atoms with Crippen LogP contribution in [0.4, 0.5) is 0 Å². The third-order valence-electron chi connectivity index (χ3n) is 4.59. The van der Waals surface area contributed by atoms with Crippen molar-refractivity contribution in [3.63, 3.8) is 0 Å². The molecule has 0 aromatic heterocycles. The first-order valence-corrected chi connectivity index (χ1v) is 6.01. The second kappa shape index (κ2) is 2.98. The maximum atomic E-state index is 9.88. The molecule has 0 aliphatic heterocycles. The van der Waals surface area contributed by atoms with Gasteiger partial charge >= 0.3 is 0 Å². The molecule has 4 atom stereocenters. The highest BCUT2D eigenvalue weighted by Crippen LogP contribution is 2.51. The fourth-order valence-corrected chi connectivity index (χ4v) is 3.65. The molecule has 0 saturated heterocycles. The predicted octanol–water partition coefficient (Wildman–Crippen LogP) is 2.58. The van der Waals surface area contributed by atoms with Crippen LogP contribution < -0.4 is 0 Å². The fourth-order valence-electron chi connectivity index (χ4n) is 3.65. The van der Waals surface area contributed by atoms with E-state index in [4.69, 9.17) is 0 Å². The van der Waals surface area contributed by atoms with Crippen molar-refractivity contribution in [2.75, 3.05) is 0 Å². The molecule has 13 heavy (non-hydrogen) atoms. The molecule has 3 saturated carbocycles. The highest BCUT2D eigenvalue weighted by Gasteiger charge is 2.41. The predicted molar refractivity (Wildman–Crippen MR) is 52.3 cm³/mol. The van der Waals surface area contributed by atoms with Crippen LogP contribution >= 0.6 is 0 Å². The molecular formula is C12H20O. The number of rotatable bonds is 3. The van der Waals surface area contributed by atoms with E-state index in [1.54, 1.807) is 0 Å². The lowest BCUT2D eigenvalue weighted by Crippen LogP contribution is -2.19. The van der Waals surface area contributed by atoms with Gasteiger partial charge in [0, 0.05) is 0 Å². The Hall–Kier alpha value is -0.0400. The fraction of sp³-hybridized carbons (Fsp3) is 1.00. The van der Waals surface area contributed by atoms with E-state index < -0.39 is 0 Å². The zero-order chi connectivity index (χ0) is 8.84. The van der Waals surface area contributed by atoms with Gasteiger partial charge in [-0.25, -0.2) is 0 Å². The number of hydrogen-bond donors (Lipinski definition) is 1. The third kappa shape index (κ3) is 1.52. The summed E-state index contributed by atoms with van der Waals surface area (Å²) in [6, 6.07) is 0. The first kappa shape index (κ1) is 8.28. The van der Waals surface area contributed by atoms with Gasteiger partial charge in [0.2, 0.25) is 0 Å². The van der Waals surface area contributed by atoms with Crippen LogP contribution in [0.5, 0.6) is 0 Å². The van der Waals surface area contributed by atoms with E-state index in [1.807, 2.05) is 0 Å². The summed E-state index contributed by atoms with van der Waals surface area (Å²) in [5.41, 5.74) is 0. The van der Waals surface area contributed by atoms with Crippen LogP contribution in [0.2, 0.25) is 0 Å². The summed E-state index contributed by atoms with van der Waals surface area (Å²) in [6.07, 6.45) is 9.66. The summed E-state index contributed by atoms with van der Waals surface area (Å²) >= 11 is 0. The summed E-state index contributed by atoms with van der Waals surface area (Å²) in [4.78, 5) is 0. The van der Waals surface area contributed by atoms with Gasteiger partial charge in [0.05, 0.1) is 6.10 Å². The Bertz CT molecular complexity index is 197. The van der Waals surface area contributed by atoms with E-state index in [2.05, 4.69) is 0 Å². The normalized spacial score (nSPS) is 45.5. The van der Waals surface area contributed by atoms with Crippen molar-refractivity contribution in [1.82, 2.24) is 0 Å². The van der Waals surface area contributed by atoms with Gasteiger partial charge in [-0.15, -0.1) is 0 Å². The Labute approximate surface area is 80.5 Å². The Morgan fingerprint density at radius 1 is 1.08 bits per heavy atom. The maximum Gasteiger partial charge on any atom is 0.0571 e. The Balaban J connectivity index is 1.55. The van der Waals surface area contributed by atoms with E-state index in [1.165, 1.54) is 38.5 Å². The first-order valence-electron chi connectivity index (χ1n) is 6.01. The molecule has 74 valence electrons. The summed E-state index contributed by atoms with van der Waals surface area (Å²) in [6.45, 7) is 0. The lowest BCUT2D eigenvalue weighted by atomic mass is 9.84. The van der Waals surface area contributed by atoms with Gasteiger partial charge in [-0.2, -0.15) is 0 Å². The average molecular weight is 180 g/mol. The number of aliphatic hydroxyl groups excluding tert-OH is 1. The molecule has 0 heterocycles. The van der Waals surface area contributed by atoms with Crippen molar-refractivity contribution in [2.24, 2.45) is 23.7 Å². The molecule has 1 heteroatoms. The molecule has 3 fully saturated rings. The second-order valence-corrected chi connectivity index (χ2v) is 5.58. The van der Waals surface area contributed by atoms with E-state index >= 15 is 0 Å². The van der Waals surface area contributed by atoms with Gasteiger partial charge in [0.15, 0.2) is 0 Å². The molecule has 0 aromatic rings. The Morgan fingerprint density at radius 3 is 2.46 bits per heavy atom. The molecule has 3 aliphatic rings. The van der Waals surface area contributed by atoms with Gasteiger partial charge in [-0.3, -0.25) is 0 Å². The lowest BCUT2D eigenvalue weighted by Gasteiger charge is -2.23. The van der Waals surface area contributed by atoms with Crippen LogP contribution in [0.15, 0.2) is 0 Å². The topological polar surface area (TPSA) is 20.2 Å². The molecule has 0 spiro atoms. The van der Waals surface area contributed by atoms with E-state index in [0.717, 1.165) is 24.2 Å². The zero-order valence-corrected chi connectivity index (χ0v) is 8.28. The van der Waals surface area contributed by atoms with Crippen LogP contribution in [-0.4, -0.2) is 11.2 Å².